The maximum Gasteiger partial charge on any atom is 0.256 e. The van der Waals surface area contributed by atoms with E-state index in [4.69, 9.17) is 4.42 Å². The number of carbonyl (C=O) groups excluding carboxylic acids is 1. The number of rotatable bonds is 5. The number of anilines is 1. The molecule has 0 radical (unpaired) electrons. The van der Waals surface area contributed by atoms with Crippen LogP contribution in [0.15, 0.2) is 38.8 Å². The van der Waals surface area contributed by atoms with Crippen molar-refractivity contribution >= 4 is 33.2 Å². The molecule has 0 atom stereocenters. The minimum Gasteiger partial charge on any atom is -0.437 e. The molecule has 1 heterocycles. The van der Waals surface area contributed by atoms with Gasteiger partial charge in [0.15, 0.2) is 9.84 Å². The first-order valence-electron chi connectivity index (χ1n) is 6.42. The van der Waals surface area contributed by atoms with Gasteiger partial charge < -0.3 is 9.73 Å². The Kier molecular flexibility index (Phi) is 4.92. The van der Waals surface area contributed by atoms with Crippen LogP contribution in [0.3, 0.4) is 0 Å². The molecular weight excluding hydrogens is 324 g/mol. The molecule has 2 rings (SSSR count). The van der Waals surface area contributed by atoms with E-state index in [1.54, 1.807) is 12.1 Å². The number of amides is 1. The zero-order valence-corrected chi connectivity index (χ0v) is 14.0. The normalized spacial score (nSPS) is 11.4. The summed E-state index contributed by atoms with van der Waals surface area (Å²) >= 11 is 1.20. The van der Waals surface area contributed by atoms with Crippen molar-refractivity contribution in [1.82, 2.24) is 4.98 Å². The lowest BCUT2D eigenvalue weighted by atomic mass is 10.3. The smallest absolute Gasteiger partial charge is 0.256 e. The molecule has 0 saturated carbocycles. The van der Waals surface area contributed by atoms with Gasteiger partial charge in [0.2, 0.25) is 5.91 Å². The fraction of sp³-hybridized carbons (Fsp3) is 0.286. The van der Waals surface area contributed by atoms with E-state index in [1.165, 1.54) is 23.9 Å². The van der Waals surface area contributed by atoms with Crippen molar-refractivity contribution < 1.29 is 17.6 Å². The van der Waals surface area contributed by atoms with Gasteiger partial charge in [-0.05, 0) is 38.1 Å². The first-order valence-corrected chi connectivity index (χ1v) is 9.30. The van der Waals surface area contributed by atoms with Crippen molar-refractivity contribution in [1.29, 1.82) is 0 Å². The van der Waals surface area contributed by atoms with E-state index >= 15 is 0 Å². The van der Waals surface area contributed by atoms with Gasteiger partial charge in [-0.25, -0.2) is 13.4 Å². The third kappa shape index (κ3) is 4.35. The lowest BCUT2D eigenvalue weighted by Gasteiger charge is -2.05. The second-order valence-corrected chi connectivity index (χ2v) is 7.70. The number of thioether (sulfide) groups is 1. The van der Waals surface area contributed by atoms with Crippen LogP contribution in [0.25, 0.3) is 0 Å². The monoisotopic (exact) mass is 340 g/mol. The molecule has 1 aromatic heterocycles. The molecule has 0 bridgehead atoms. The highest BCUT2D eigenvalue weighted by atomic mass is 32.2. The van der Waals surface area contributed by atoms with Crippen LogP contribution in [-0.2, 0) is 14.6 Å². The Morgan fingerprint density at radius 1 is 1.27 bits per heavy atom. The van der Waals surface area contributed by atoms with Crippen LogP contribution in [0.1, 0.15) is 11.5 Å². The van der Waals surface area contributed by atoms with Crippen LogP contribution in [-0.4, -0.2) is 31.3 Å². The second kappa shape index (κ2) is 6.53. The molecule has 0 saturated heterocycles. The molecule has 0 spiro atoms. The third-order valence-electron chi connectivity index (χ3n) is 2.90. The highest BCUT2D eigenvalue weighted by Crippen LogP contribution is 2.20. The predicted molar refractivity (Wildman–Crippen MR) is 84.9 cm³/mol. The summed E-state index contributed by atoms with van der Waals surface area (Å²) in [6, 6.07) is 6.02. The molecule has 8 heteroatoms. The molecule has 118 valence electrons. The summed E-state index contributed by atoms with van der Waals surface area (Å²) in [6.45, 7) is 3.65. The molecule has 6 nitrogen and oxygen atoms in total. The van der Waals surface area contributed by atoms with Gasteiger partial charge in [-0.1, -0.05) is 11.8 Å². The van der Waals surface area contributed by atoms with Gasteiger partial charge >= 0.3 is 0 Å². The SMILES string of the molecule is Cc1nc(SCC(=O)Nc2ccc(S(C)(=O)=O)cc2)oc1C. The fourth-order valence-electron chi connectivity index (χ4n) is 1.61. The summed E-state index contributed by atoms with van der Waals surface area (Å²) in [5.74, 6) is 0.678. The zero-order valence-electron chi connectivity index (χ0n) is 12.4. The maximum absolute atomic E-state index is 11.8. The minimum absolute atomic E-state index is 0.160. The number of hydrogen-bond donors (Lipinski definition) is 1. The molecule has 1 aromatic carbocycles. The summed E-state index contributed by atoms with van der Waals surface area (Å²) in [7, 11) is -3.23. The Labute approximate surface area is 133 Å². The fourth-order valence-corrected chi connectivity index (χ4v) is 2.96. The lowest BCUT2D eigenvalue weighted by Crippen LogP contribution is -2.14. The quantitative estimate of drug-likeness (QED) is 0.841. The van der Waals surface area contributed by atoms with Crippen molar-refractivity contribution in [3.63, 3.8) is 0 Å². The molecule has 22 heavy (non-hydrogen) atoms. The van der Waals surface area contributed by atoms with E-state index in [2.05, 4.69) is 10.3 Å². The summed E-state index contributed by atoms with van der Waals surface area (Å²) < 4.78 is 28.1. The summed E-state index contributed by atoms with van der Waals surface area (Å²) in [6.07, 6.45) is 1.14. The summed E-state index contributed by atoms with van der Waals surface area (Å²) in [4.78, 5) is 16.2. The topological polar surface area (TPSA) is 89.3 Å². The van der Waals surface area contributed by atoms with Gasteiger partial charge in [-0.2, -0.15) is 0 Å². The van der Waals surface area contributed by atoms with Crippen LogP contribution in [0.4, 0.5) is 5.69 Å². The largest absolute Gasteiger partial charge is 0.437 e. The number of oxazole rings is 1. The number of hydrogen-bond acceptors (Lipinski definition) is 6. The molecule has 2 aromatic rings. The number of aryl methyl sites for hydroxylation is 2. The Hall–Kier alpha value is -1.80. The van der Waals surface area contributed by atoms with Gasteiger partial charge in [-0.3, -0.25) is 4.79 Å². The number of benzene rings is 1. The molecular formula is C14H16N2O4S2. The average Bonchev–Trinajstić information content (AvgIpc) is 2.75. The highest BCUT2D eigenvalue weighted by Gasteiger charge is 2.10. The van der Waals surface area contributed by atoms with E-state index in [-0.39, 0.29) is 16.6 Å². The summed E-state index contributed by atoms with van der Waals surface area (Å²) in [5.41, 5.74) is 1.34. The zero-order chi connectivity index (χ0) is 16.3. The van der Waals surface area contributed by atoms with E-state index in [0.29, 0.717) is 10.9 Å². The highest BCUT2D eigenvalue weighted by molar-refractivity contribution is 7.99. The van der Waals surface area contributed by atoms with Gasteiger partial charge in [-0.15, -0.1) is 0 Å². The van der Waals surface area contributed by atoms with Crippen LogP contribution in [0, 0.1) is 13.8 Å². The predicted octanol–water partition coefficient (Wildman–Crippen LogP) is 2.43. The molecule has 1 N–H and O–H groups in total. The van der Waals surface area contributed by atoms with Gasteiger partial charge in [0.25, 0.3) is 5.22 Å². The van der Waals surface area contributed by atoms with Crippen molar-refractivity contribution in [2.45, 2.75) is 24.0 Å². The number of sulfone groups is 1. The van der Waals surface area contributed by atoms with Crippen LogP contribution in [0.2, 0.25) is 0 Å². The van der Waals surface area contributed by atoms with Crippen molar-refractivity contribution in [3.8, 4) is 0 Å². The Morgan fingerprint density at radius 2 is 1.91 bits per heavy atom. The molecule has 0 fully saturated rings. The van der Waals surface area contributed by atoms with Crippen molar-refractivity contribution in [2.24, 2.45) is 0 Å². The van der Waals surface area contributed by atoms with E-state index in [9.17, 15) is 13.2 Å². The van der Waals surface area contributed by atoms with Gasteiger partial charge in [0, 0.05) is 11.9 Å². The number of nitrogens with zero attached hydrogens (tertiary/aromatic N) is 1. The number of nitrogens with one attached hydrogen (secondary N) is 1. The molecule has 0 unspecified atom stereocenters. The molecule has 0 aliphatic rings. The average molecular weight is 340 g/mol. The Bertz CT molecular complexity index is 760. The van der Waals surface area contributed by atoms with Crippen molar-refractivity contribution in [2.75, 3.05) is 17.3 Å². The van der Waals surface area contributed by atoms with Crippen molar-refractivity contribution in [3.05, 3.63) is 35.7 Å². The van der Waals surface area contributed by atoms with Crippen LogP contribution < -0.4 is 5.32 Å². The molecule has 1 amide bonds. The molecule has 0 aliphatic carbocycles. The number of carbonyl (C=O) groups is 1. The van der Waals surface area contributed by atoms with E-state index in [1.807, 2.05) is 13.8 Å². The van der Waals surface area contributed by atoms with Crippen LogP contribution in [0.5, 0.6) is 0 Å². The minimum atomic E-state index is -3.23. The van der Waals surface area contributed by atoms with Crippen LogP contribution >= 0.6 is 11.8 Å². The third-order valence-corrected chi connectivity index (χ3v) is 4.86. The van der Waals surface area contributed by atoms with E-state index < -0.39 is 9.84 Å². The maximum atomic E-state index is 11.8. The van der Waals surface area contributed by atoms with Gasteiger partial charge in [0.1, 0.15) is 5.76 Å². The first-order chi connectivity index (χ1) is 10.3. The second-order valence-electron chi connectivity index (χ2n) is 4.75. The van der Waals surface area contributed by atoms with Gasteiger partial charge in [0.05, 0.1) is 16.3 Å². The standard InChI is InChI=1S/C14H16N2O4S2/c1-9-10(2)20-14(15-9)21-8-13(17)16-11-4-6-12(7-5-11)22(3,18)19/h4-7H,8H2,1-3H3,(H,16,17). The number of aromatic nitrogens is 1. The lowest BCUT2D eigenvalue weighted by molar-refractivity contribution is -0.113. The Balaban J connectivity index is 1.92. The summed E-state index contributed by atoms with van der Waals surface area (Å²) in [5, 5.41) is 3.14. The Morgan fingerprint density at radius 3 is 2.41 bits per heavy atom. The van der Waals surface area contributed by atoms with E-state index in [0.717, 1.165) is 17.7 Å². The first kappa shape index (κ1) is 16.6. The molecule has 0 aliphatic heterocycles.